The van der Waals surface area contributed by atoms with Gasteiger partial charge in [0, 0.05) is 24.7 Å². The number of piperidine rings is 1. The van der Waals surface area contributed by atoms with Gasteiger partial charge in [0.25, 0.3) is 0 Å². The lowest BCUT2D eigenvalue weighted by molar-refractivity contribution is -0.127. The maximum absolute atomic E-state index is 12.6. The molecule has 0 spiro atoms. The van der Waals surface area contributed by atoms with Gasteiger partial charge in [0.05, 0.1) is 23.9 Å². The van der Waals surface area contributed by atoms with Gasteiger partial charge in [0.2, 0.25) is 5.91 Å². The van der Waals surface area contributed by atoms with Crippen LogP contribution in [0.3, 0.4) is 0 Å². The van der Waals surface area contributed by atoms with Gasteiger partial charge in [-0.3, -0.25) is 4.79 Å². The Balaban J connectivity index is 1.45. The van der Waals surface area contributed by atoms with Crippen LogP contribution in [-0.2, 0) is 4.79 Å². The summed E-state index contributed by atoms with van der Waals surface area (Å²) in [5.74, 6) is 1.73. The molecule has 3 heterocycles. The number of rotatable bonds is 6. The SMILES string of the molecule is N#CC/C=C\C(=O)N1CCC[C@@H](n2nc(-c3ccc(Oc4ccccc4)cc3)c3c(N)ncnc32)C1. The lowest BCUT2D eigenvalue weighted by Crippen LogP contribution is -2.40. The van der Waals surface area contributed by atoms with E-state index in [2.05, 4.69) is 9.97 Å². The second-order valence-corrected chi connectivity index (χ2v) is 8.54. The molecule has 0 saturated carbocycles. The van der Waals surface area contributed by atoms with E-state index >= 15 is 0 Å². The van der Waals surface area contributed by atoms with Crippen molar-refractivity contribution in [3.8, 4) is 28.8 Å². The van der Waals surface area contributed by atoms with Crippen LogP contribution in [0, 0.1) is 11.3 Å². The highest BCUT2D eigenvalue weighted by Crippen LogP contribution is 2.34. The van der Waals surface area contributed by atoms with Crippen LogP contribution in [0.1, 0.15) is 25.3 Å². The van der Waals surface area contributed by atoms with Crippen molar-refractivity contribution < 1.29 is 9.53 Å². The number of hydrogen-bond acceptors (Lipinski definition) is 7. The highest BCUT2D eigenvalue weighted by molar-refractivity contribution is 5.98. The standard InChI is InChI=1S/C27H25N7O2/c28-15-5-4-10-23(35)33-16-6-7-20(17-33)34-27-24(26(29)30-18-31-27)25(32-34)19-11-13-22(14-12-19)36-21-8-2-1-3-9-21/h1-4,8-14,18,20H,5-7,16-17H2,(H2,29,30,31)/b10-4-/t20-/m1/s1. The summed E-state index contributed by atoms with van der Waals surface area (Å²) >= 11 is 0. The minimum atomic E-state index is -0.102. The Kier molecular flexibility index (Phi) is 6.58. The van der Waals surface area contributed by atoms with Crippen LogP contribution in [0.2, 0.25) is 0 Å². The molecule has 2 N–H and O–H groups in total. The molecular weight excluding hydrogens is 454 g/mol. The Labute approximate surface area is 208 Å². The minimum Gasteiger partial charge on any atom is -0.457 e. The molecule has 1 aliphatic heterocycles. The number of carbonyl (C=O) groups is 1. The summed E-state index contributed by atoms with van der Waals surface area (Å²) in [6.45, 7) is 1.16. The van der Waals surface area contributed by atoms with Gasteiger partial charge in [0.15, 0.2) is 5.65 Å². The third kappa shape index (κ3) is 4.74. The molecule has 1 atom stereocenters. The van der Waals surface area contributed by atoms with Crippen molar-refractivity contribution in [2.24, 2.45) is 0 Å². The van der Waals surface area contributed by atoms with Crippen LogP contribution in [0.25, 0.3) is 22.3 Å². The number of nitriles is 1. The number of allylic oxidation sites excluding steroid dienone is 1. The van der Waals surface area contributed by atoms with Gasteiger partial charge in [-0.2, -0.15) is 10.4 Å². The van der Waals surface area contributed by atoms with Gasteiger partial charge in [-0.05, 0) is 49.2 Å². The zero-order valence-corrected chi connectivity index (χ0v) is 19.6. The summed E-state index contributed by atoms with van der Waals surface area (Å²) in [6, 6.07) is 19.2. The lowest BCUT2D eigenvalue weighted by Gasteiger charge is -2.32. The first kappa shape index (κ1) is 23.1. The van der Waals surface area contributed by atoms with Crippen LogP contribution in [0.4, 0.5) is 5.82 Å². The van der Waals surface area contributed by atoms with Crippen molar-refractivity contribution in [2.45, 2.75) is 25.3 Å². The number of aromatic nitrogens is 4. The molecule has 36 heavy (non-hydrogen) atoms. The summed E-state index contributed by atoms with van der Waals surface area (Å²) in [5, 5.41) is 14.3. The van der Waals surface area contributed by atoms with Crippen molar-refractivity contribution in [2.75, 3.05) is 18.8 Å². The van der Waals surface area contributed by atoms with E-state index in [9.17, 15) is 4.79 Å². The number of ether oxygens (including phenoxy) is 1. The summed E-state index contributed by atoms with van der Waals surface area (Å²) in [5.41, 5.74) is 8.48. The first-order valence-corrected chi connectivity index (χ1v) is 11.8. The van der Waals surface area contributed by atoms with Crippen molar-refractivity contribution in [3.63, 3.8) is 0 Å². The van der Waals surface area contributed by atoms with E-state index < -0.39 is 0 Å². The summed E-state index contributed by atoms with van der Waals surface area (Å²) in [7, 11) is 0. The van der Waals surface area contributed by atoms with Crippen LogP contribution in [-0.4, -0.2) is 43.6 Å². The Bertz CT molecular complexity index is 1440. The number of nitrogens with two attached hydrogens (primary N) is 1. The Morgan fingerprint density at radius 1 is 1.14 bits per heavy atom. The van der Waals surface area contributed by atoms with Gasteiger partial charge in [-0.25, -0.2) is 14.6 Å². The summed E-state index contributed by atoms with van der Waals surface area (Å²) < 4.78 is 7.78. The van der Waals surface area contributed by atoms with Crippen LogP contribution < -0.4 is 10.5 Å². The molecule has 5 rings (SSSR count). The molecule has 1 aliphatic rings. The number of amides is 1. The van der Waals surface area contributed by atoms with Crippen LogP contribution in [0.5, 0.6) is 11.5 Å². The summed E-state index contributed by atoms with van der Waals surface area (Å²) in [4.78, 5) is 23.1. The van der Waals surface area contributed by atoms with E-state index in [0.717, 1.165) is 24.2 Å². The fourth-order valence-electron chi connectivity index (χ4n) is 4.43. The average Bonchev–Trinajstić information content (AvgIpc) is 3.31. The zero-order valence-electron chi connectivity index (χ0n) is 19.6. The maximum atomic E-state index is 12.6. The van der Waals surface area contributed by atoms with E-state index in [-0.39, 0.29) is 18.4 Å². The van der Waals surface area contributed by atoms with E-state index in [4.69, 9.17) is 20.8 Å². The number of likely N-dealkylation sites (tertiary alicyclic amines) is 1. The molecule has 1 amide bonds. The molecule has 2 aromatic carbocycles. The fraction of sp³-hybridized carbons (Fsp3) is 0.222. The number of anilines is 1. The maximum Gasteiger partial charge on any atom is 0.246 e. The Morgan fingerprint density at radius 3 is 2.69 bits per heavy atom. The number of nitrogens with zero attached hydrogens (tertiary/aromatic N) is 6. The highest BCUT2D eigenvalue weighted by Gasteiger charge is 2.28. The van der Waals surface area contributed by atoms with E-state index in [1.165, 1.54) is 12.4 Å². The van der Waals surface area contributed by atoms with E-state index in [1.54, 1.807) is 11.0 Å². The first-order chi connectivity index (χ1) is 17.6. The van der Waals surface area contributed by atoms with E-state index in [1.807, 2.05) is 65.3 Å². The average molecular weight is 480 g/mol. The Hall–Kier alpha value is -4.71. The molecule has 0 bridgehead atoms. The second-order valence-electron chi connectivity index (χ2n) is 8.54. The largest absolute Gasteiger partial charge is 0.457 e. The highest BCUT2D eigenvalue weighted by atomic mass is 16.5. The summed E-state index contributed by atoms with van der Waals surface area (Å²) in [6.07, 6.45) is 6.40. The normalized spacial score (nSPS) is 15.8. The lowest BCUT2D eigenvalue weighted by atomic mass is 10.1. The molecule has 4 aromatic rings. The predicted molar refractivity (Wildman–Crippen MR) is 136 cm³/mol. The van der Waals surface area contributed by atoms with Gasteiger partial charge in [0.1, 0.15) is 29.3 Å². The molecular formula is C27H25N7O2. The molecule has 180 valence electrons. The molecule has 9 nitrogen and oxygen atoms in total. The first-order valence-electron chi connectivity index (χ1n) is 11.8. The third-order valence-corrected chi connectivity index (χ3v) is 6.15. The molecule has 0 unspecified atom stereocenters. The molecule has 0 aliphatic carbocycles. The minimum absolute atomic E-state index is 0.0571. The van der Waals surface area contributed by atoms with Gasteiger partial charge in [-0.1, -0.05) is 24.3 Å². The van der Waals surface area contributed by atoms with Gasteiger partial charge >= 0.3 is 0 Å². The van der Waals surface area contributed by atoms with Crippen molar-refractivity contribution >= 4 is 22.8 Å². The topological polar surface area (TPSA) is 123 Å². The zero-order chi connectivity index (χ0) is 24.9. The van der Waals surface area contributed by atoms with Crippen LogP contribution >= 0.6 is 0 Å². The molecule has 0 radical (unpaired) electrons. The quantitative estimate of drug-likeness (QED) is 0.404. The number of fused-ring (bicyclic) bond motifs is 1. The van der Waals surface area contributed by atoms with Crippen molar-refractivity contribution in [1.82, 2.24) is 24.6 Å². The number of benzene rings is 2. The van der Waals surface area contributed by atoms with Crippen molar-refractivity contribution in [1.29, 1.82) is 5.26 Å². The van der Waals surface area contributed by atoms with E-state index in [0.29, 0.717) is 41.4 Å². The number of nitrogen functional groups attached to an aromatic ring is 1. The van der Waals surface area contributed by atoms with Gasteiger partial charge < -0.3 is 15.4 Å². The molecule has 2 aromatic heterocycles. The Morgan fingerprint density at radius 2 is 1.92 bits per heavy atom. The molecule has 9 heteroatoms. The second kappa shape index (κ2) is 10.3. The monoisotopic (exact) mass is 479 g/mol. The van der Waals surface area contributed by atoms with Gasteiger partial charge in [-0.15, -0.1) is 0 Å². The van der Waals surface area contributed by atoms with Crippen LogP contribution in [0.15, 0.2) is 73.1 Å². The number of carbonyl (C=O) groups excluding carboxylic acids is 1. The molecule has 1 fully saturated rings. The third-order valence-electron chi connectivity index (χ3n) is 6.15. The predicted octanol–water partition coefficient (Wildman–Crippen LogP) is 4.50. The number of hydrogen-bond donors (Lipinski definition) is 1. The fourth-order valence-corrected chi connectivity index (χ4v) is 4.43. The number of para-hydroxylation sites is 1. The van der Waals surface area contributed by atoms with Crippen molar-refractivity contribution in [3.05, 3.63) is 73.1 Å². The smallest absolute Gasteiger partial charge is 0.246 e. The molecule has 1 saturated heterocycles.